The molecule has 3 aromatic rings. The number of nitrogens with two attached hydrogens (primary N) is 1. The van der Waals surface area contributed by atoms with Crippen molar-refractivity contribution in [3.63, 3.8) is 0 Å². The monoisotopic (exact) mass is 565 g/mol. The summed E-state index contributed by atoms with van der Waals surface area (Å²) in [6.45, 7) is 1.67. The molecule has 0 saturated carbocycles. The van der Waals surface area contributed by atoms with Gasteiger partial charge in [0.2, 0.25) is 17.9 Å². The summed E-state index contributed by atoms with van der Waals surface area (Å²) in [4.78, 5) is 21.4. The SMILES string of the molecule is Cn1ccc(-c2cc(Cl)ccc2[C@@H](Oc2cc(N3CCC4(CC3)CN[C@H](C(=O)O)C4)nc(N)n2)C(F)(F)F)n1. The van der Waals surface area contributed by atoms with Gasteiger partial charge in [-0.3, -0.25) is 9.48 Å². The van der Waals surface area contributed by atoms with Crippen molar-refractivity contribution >= 4 is 29.3 Å². The number of anilines is 2. The van der Waals surface area contributed by atoms with Crippen LogP contribution in [0, 0.1) is 5.41 Å². The molecule has 1 aromatic carbocycles. The number of hydrogen-bond donors (Lipinski definition) is 3. The first-order chi connectivity index (χ1) is 18.4. The smallest absolute Gasteiger partial charge is 0.429 e. The molecule has 2 fully saturated rings. The van der Waals surface area contributed by atoms with Gasteiger partial charge in [-0.15, -0.1) is 0 Å². The Morgan fingerprint density at radius 3 is 2.62 bits per heavy atom. The van der Waals surface area contributed by atoms with Crippen molar-refractivity contribution in [2.75, 3.05) is 30.3 Å². The standard InChI is InChI=1S/C25H27ClF3N7O3/c1-35-7-4-17(34-35)16-10-14(26)2-3-15(16)21(25(27,28)29)39-20-11-19(32-23(30)33-20)36-8-5-24(6-9-36)12-18(22(37)38)31-13-24/h2-4,7,10-11,18,21,31H,5-6,8-9,12-13H2,1H3,(H,37,38)(H2,30,32,33)/t18-,21+/m0/s1. The number of piperidine rings is 1. The lowest BCUT2D eigenvalue weighted by atomic mass is 9.76. The first-order valence-electron chi connectivity index (χ1n) is 12.3. The normalized spacial score (nSPS) is 19.8. The molecule has 39 heavy (non-hydrogen) atoms. The van der Waals surface area contributed by atoms with E-state index in [9.17, 15) is 23.1 Å². The second kappa shape index (κ2) is 10.2. The number of hydrogen-bond acceptors (Lipinski definition) is 8. The molecule has 2 atom stereocenters. The Hall–Kier alpha value is -3.58. The fourth-order valence-electron chi connectivity index (χ4n) is 5.30. The molecule has 2 saturated heterocycles. The largest absolute Gasteiger partial charge is 0.480 e. The van der Waals surface area contributed by atoms with Gasteiger partial charge >= 0.3 is 12.1 Å². The van der Waals surface area contributed by atoms with E-state index < -0.39 is 24.3 Å². The molecule has 1 spiro atoms. The highest BCUT2D eigenvalue weighted by atomic mass is 35.5. The Kier molecular flexibility index (Phi) is 7.06. The Labute approximate surface area is 226 Å². The van der Waals surface area contributed by atoms with Crippen molar-refractivity contribution in [1.82, 2.24) is 25.1 Å². The van der Waals surface area contributed by atoms with Crippen LogP contribution in [0.1, 0.15) is 30.9 Å². The maximum atomic E-state index is 14.4. The topological polar surface area (TPSA) is 131 Å². The molecule has 0 radical (unpaired) electrons. The van der Waals surface area contributed by atoms with Crippen LogP contribution in [0.4, 0.5) is 24.9 Å². The van der Waals surface area contributed by atoms with E-state index in [2.05, 4.69) is 20.4 Å². The fourth-order valence-corrected chi connectivity index (χ4v) is 5.47. The summed E-state index contributed by atoms with van der Waals surface area (Å²) in [7, 11) is 1.66. The van der Waals surface area contributed by atoms with E-state index >= 15 is 0 Å². The minimum Gasteiger partial charge on any atom is -0.480 e. The Morgan fingerprint density at radius 2 is 2.00 bits per heavy atom. The van der Waals surface area contributed by atoms with E-state index in [-0.39, 0.29) is 33.4 Å². The Bertz CT molecular complexity index is 1380. The van der Waals surface area contributed by atoms with Crippen molar-refractivity contribution in [2.24, 2.45) is 12.5 Å². The molecule has 208 valence electrons. The van der Waals surface area contributed by atoms with Crippen LogP contribution in [0.25, 0.3) is 11.3 Å². The molecule has 10 nitrogen and oxygen atoms in total. The molecular weight excluding hydrogens is 539 g/mol. The maximum absolute atomic E-state index is 14.4. The first kappa shape index (κ1) is 27.0. The number of rotatable bonds is 6. The molecule has 2 aliphatic heterocycles. The van der Waals surface area contributed by atoms with Gasteiger partial charge in [-0.2, -0.15) is 28.2 Å². The number of nitrogen functional groups attached to an aromatic ring is 1. The van der Waals surface area contributed by atoms with Gasteiger partial charge in [-0.05, 0) is 42.9 Å². The third-order valence-corrected chi connectivity index (χ3v) is 7.57. The summed E-state index contributed by atoms with van der Waals surface area (Å²) in [5.74, 6) is -1.07. The number of nitrogens with zero attached hydrogens (tertiary/aromatic N) is 5. The summed E-state index contributed by atoms with van der Waals surface area (Å²) in [5.41, 5.74) is 6.06. The van der Waals surface area contributed by atoms with E-state index in [0.717, 1.165) is 0 Å². The van der Waals surface area contributed by atoms with Crippen LogP contribution >= 0.6 is 11.6 Å². The van der Waals surface area contributed by atoms with Crippen LogP contribution in [-0.4, -0.2) is 62.7 Å². The molecule has 0 amide bonds. The maximum Gasteiger partial charge on any atom is 0.429 e. The van der Waals surface area contributed by atoms with Gasteiger partial charge in [0.25, 0.3) is 0 Å². The first-order valence-corrected chi connectivity index (χ1v) is 12.7. The molecule has 0 aliphatic carbocycles. The van der Waals surface area contributed by atoms with Gasteiger partial charge in [-0.1, -0.05) is 17.7 Å². The summed E-state index contributed by atoms with van der Waals surface area (Å²) in [5, 5.41) is 16.9. The lowest BCUT2D eigenvalue weighted by Gasteiger charge is -2.39. The number of nitrogens with one attached hydrogen (secondary N) is 1. The van der Waals surface area contributed by atoms with Crippen LogP contribution in [0.2, 0.25) is 5.02 Å². The van der Waals surface area contributed by atoms with Crippen molar-refractivity contribution in [2.45, 2.75) is 37.6 Å². The minimum absolute atomic E-state index is 0.144. The zero-order valence-electron chi connectivity index (χ0n) is 21.0. The predicted octanol–water partition coefficient (Wildman–Crippen LogP) is 3.83. The highest BCUT2D eigenvalue weighted by Crippen LogP contribution is 2.43. The minimum atomic E-state index is -4.80. The second-order valence-electron chi connectivity index (χ2n) is 10.0. The summed E-state index contributed by atoms with van der Waals surface area (Å²) < 4.78 is 50.1. The average Bonchev–Trinajstić information content (AvgIpc) is 3.49. The molecular formula is C25H27ClF3N7O3. The summed E-state index contributed by atoms with van der Waals surface area (Å²) in [6.07, 6.45) is -3.63. The number of aryl methyl sites for hydroxylation is 1. The van der Waals surface area contributed by atoms with Gasteiger partial charge < -0.3 is 25.8 Å². The fraction of sp³-hybridized carbons (Fsp3) is 0.440. The molecule has 14 heteroatoms. The third-order valence-electron chi connectivity index (χ3n) is 7.34. The Balaban J connectivity index is 1.40. The average molecular weight is 566 g/mol. The molecule has 2 aromatic heterocycles. The number of benzene rings is 1. The molecule has 4 heterocycles. The zero-order chi connectivity index (χ0) is 27.9. The number of aliphatic carboxylic acids is 1. The van der Waals surface area contributed by atoms with E-state index in [4.69, 9.17) is 22.1 Å². The highest BCUT2D eigenvalue weighted by molar-refractivity contribution is 6.30. The lowest BCUT2D eigenvalue weighted by Crippen LogP contribution is -2.41. The van der Waals surface area contributed by atoms with Crippen molar-refractivity contribution < 1.29 is 27.8 Å². The van der Waals surface area contributed by atoms with Gasteiger partial charge in [0.05, 0.1) is 5.69 Å². The van der Waals surface area contributed by atoms with Gasteiger partial charge in [0.1, 0.15) is 11.9 Å². The van der Waals surface area contributed by atoms with E-state index in [1.54, 1.807) is 19.3 Å². The van der Waals surface area contributed by atoms with Crippen LogP contribution in [0.3, 0.4) is 0 Å². The number of carboxylic acids is 1. The van der Waals surface area contributed by atoms with E-state index in [1.165, 1.54) is 28.9 Å². The quantitative estimate of drug-likeness (QED) is 0.408. The molecule has 0 bridgehead atoms. The zero-order valence-corrected chi connectivity index (χ0v) is 21.7. The highest BCUT2D eigenvalue weighted by Gasteiger charge is 2.46. The number of carbonyl (C=O) groups is 1. The summed E-state index contributed by atoms with van der Waals surface area (Å²) >= 11 is 6.12. The lowest BCUT2D eigenvalue weighted by molar-refractivity contribution is -0.198. The molecule has 2 aliphatic rings. The number of ether oxygens (including phenoxy) is 1. The number of alkyl halides is 3. The number of carboxylic acid groups (broad SMARTS) is 1. The number of aromatic nitrogens is 4. The molecule has 5 rings (SSSR count). The van der Waals surface area contributed by atoms with Crippen LogP contribution in [0.5, 0.6) is 5.88 Å². The van der Waals surface area contributed by atoms with E-state index in [1.807, 2.05) is 4.90 Å². The molecule has 4 N–H and O–H groups in total. The summed E-state index contributed by atoms with van der Waals surface area (Å²) in [6, 6.07) is 6.40. The Morgan fingerprint density at radius 1 is 1.26 bits per heavy atom. The van der Waals surface area contributed by atoms with Crippen molar-refractivity contribution in [1.29, 1.82) is 0 Å². The van der Waals surface area contributed by atoms with Gasteiger partial charge in [0.15, 0.2) is 0 Å². The predicted molar refractivity (Wildman–Crippen MR) is 137 cm³/mol. The number of halogens is 4. The van der Waals surface area contributed by atoms with Crippen molar-refractivity contribution in [3.8, 4) is 17.1 Å². The third kappa shape index (κ3) is 5.74. The van der Waals surface area contributed by atoms with Crippen LogP contribution in [-0.2, 0) is 11.8 Å². The molecule has 0 unspecified atom stereocenters. The van der Waals surface area contributed by atoms with Crippen LogP contribution in [0.15, 0.2) is 36.5 Å². The van der Waals surface area contributed by atoms with Gasteiger partial charge in [-0.25, -0.2) is 0 Å². The van der Waals surface area contributed by atoms with E-state index in [0.29, 0.717) is 50.4 Å². The van der Waals surface area contributed by atoms with Crippen LogP contribution < -0.4 is 20.7 Å². The van der Waals surface area contributed by atoms with Gasteiger partial charge in [0, 0.05) is 55.1 Å². The van der Waals surface area contributed by atoms with Crippen molar-refractivity contribution in [3.05, 3.63) is 47.1 Å². The second-order valence-corrected chi connectivity index (χ2v) is 10.5.